The number of carbonyl (C=O) groups is 4. The fraction of sp³-hybridized carbons (Fsp3) is 0.462. The molecule has 0 spiro atoms. The number of hydrogen-bond donors (Lipinski definition) is 2. The van der Waals surface area contributed by atoms with Gasteiger partial charge in [0.15, 0.2) is 24.2 Å². The minimum Gasteiger partial charge on any atom is -0.497 e. The van der Waals surface area contributed by atoms with E-state index in [2.05, 4.69) is 4.98 Å². The number of aromatic nitrogens is 1. The third-order valence-corrected chi connectivity index (χ3v) is 5.53. The van der Waals surface area contributed by atoms with E-state index in [-0.39, 0.29) is 18.1 Å². The Bertz CT molecular complexity index is 1160. The number of nitrogens with one attached hydrogen (secondary N) is 1. The second kappa shape index (κ2) is 13.2. The Balaban J connectivity index is 1.97. The summed E-state index contributed by atoms with van der Waals surface area (Å²) in [6.07, 6.45) is -6.48. The number of esters is 3. The number of aliphatic hydroxyl groups is 1. The molecule has 1 saturated heterocycles. The van der Waals surface area contributed by atoms with E-state index in [1.165, 1.54) is 33.2 Å². The molecule has 212 valence electrons. The van der Waals surface area contributed by atoms with Crippen LogP contribution in [0, 0.1) is 0 Å². The van der Waals surface area contributed by atoms with Crippen molar-refractivity contribution in [3.63, 3.8) is 0 Å². The topological polar surface area (TPSA) is 169 Å². The van der Waals surface area contributed by atoms with Crippen molar-refractivity contribution in [3.05, 3.63) is 47.8 Å². The Morgan fingerprint density at radius 1 is 0.949 bits per heavy atom. The van der Waals surface area contributed by atoms with E-state index in [9.17, 15) is 24.3 Å². The smallest absolute Gasteiger partial charge is 0.303 e. The molecule has 39 heavy (non-hydrogen) atoms. The molecule has 0 aliphatic carbocycles. The molecular formula is C26H31NO12. The van der Waals surface area contributed by atoms with E-state index in [1.807, 2.05) is 0 Å². The van der Waals surface area contributed by atoms with Crippen LogP contribution in [0.1, 0.15) is 43.7 Å². The van der Waals surface area contributed by atoms with Gasteiger partial charge in [-0.2, -0.15) is 0 Å². The van der Waals surface area contributed by atoms with Crippen molar-refractivity contribution >= 4 is 23.7 Å². The first-order valence-electron chi connectivity index (χ1n) is 12.0. The van der Waals surface area contributed by atoms with Crippen molar-refractivity contribution < 1.29 is 57.4 Å². The molecule has 2 N–H and O–H groups in total. The van der Waals surface area contributed by atoms with Crippen LogP contribution < -0.4 is 9.47 Å². The summed E-state index contributed by atoms with van der Waals surface area (Å²) in [7, 11) is 1.51. The number of ketones is 1. The number of hydrogen-bond acceptors (Lipinski definition) is 12. The lowest BCUT2D eigenvalue weighted by Crippen LogP contribution is -2.63. The Kier molecular flexibility index (Phi) is 10.0. The molecule has 2 aromatic rings. The lowest BCUT2D eigenvalue weighted by atomic mass is 9.98. The van der Waals surface area contributed by atoms with Crippen LogP contribution in [-0.2, 0) is 38.1 Å². The van der Waals surface area contributed by atoms with E-state index < -0.39 is 60.7 Å². The lowest BCUT2D eigenvalue weighted by Gasteiger charge is -2.44. The third kappa shape index (κ3) is 7.78. The van der Waals surface area contributed by atoms with Crippen LogP contribution in [0.4, 0.5) is 0 Å². The average molecular weight is 550 g/mol. The van der Waals surface area contributed by atoms with E-state index in [0.717, 1.165) is 13.8 Å². The quantitative estimate of drug-likeness (QED) is 0.180. The summed E-state index contributed by atoms with van der Waals surface area (Å²) in [6.45, 7) is 4.38. The molecule has 0 saturated carbocycles. The highest BCUT2D eigenvalue weighted by Gasteiger charge is 2.53. The van der Waals surface area contributed by atoms with E-state index in [4.69, 9.17) is 33.2 Å². The van der Waals surface area contributed by atoms with Gasteiger partial charge in [-0.15, -0.1) is 0 Å². The summed E-state index contributed by atoms with van der Waals surface area (Å²) in [5.41, 5.74) is 0.402. The zero-order valence-corrected chi connectivity index (χ0v) is 22.1. The number of H-pyrrole nitrogens is 1. The summed E-state index contributed by atoms with van der Waals surface area (Å²) in [5.74, 6) is -1.91. The normalized spacial score (nSPS) is 23.3. The molecule has 1 aromatic carbocycles. The maximum atomic E-state index is 13.2. The Morgan fingerprint density at radius 2 is 1.59 bits per heavy atom. The van der Waals surface area contributed by atoms with Crippen LogP contribution in [0.5, 0.6) is 11.5 Å². The van der Waals surface area contributed by atoms with E-state index in [1.54, 1.807) is 24.3 Å². The second-order valence-corrected chi connectivity index (χ2v) is 8.59. The van der Waals surface area contributed by atoms with Crippen molar-refractivity contribution in [1.29, 1.82) is 0 Å². The van der Waals surface area contributed by atoms with Gasteiger partial charge in [0.05, 0.1) is 7.11 Å². The number of carbonyl (C=O) groups excluding carboxylic acids is 4. The van der Waals surface area contributed by atoms with E-state index in [0.29, 0.717) is 11.3 Å². The van der Waals surface area contributed by atoms with Crippen molar-refractivity contribution in [2.75, 3.05) is 13.7 Å². The predicted octanol–water partition coefficient (Wildman–Crippen LogP) is 1.51. The molecule has 6 unspecified atom stereocenters. The van der Waals surface area contributed by atoms with Gasteiger partial charge in [-0.05, 0) is 37.3 Å². The van der Waals surface area contributed by atoms with Crippen LogP contribution in [0.3, 0.4) is 0 Å². The fourth-order valence-corrected chi connectivity index (χ4v) is 3.98. The summed E-state index contributed by atoms with van der Waals surface area (Å²) < 4.78 is 38.6. The molecule has 1 aliphatic rings. The molecule has 1 fully saturated rings. The van der Waals surface area contributed by atoms with Gasteiger partial charge in [-0.3, -0.25) is 19.2 Å². The maximum Gasteiger partial charge on any atom is 0.303 e. The molecule has 1 aliphatic heterocycles. The number of aromatic amines is 1. The first-order valence-corrected chi connectivity index (χ1v) is 12.0. The molecule has 13 heteroatoms. The highest BCUT2D eigenvalue weighted by Crippen LogP contribution is 2.32. The number of benzene rings is 1. The molecular weight excluding hydrogens is 518 g/mol. The lowest BCUT2D eigenvalue weighted by molar-refractivity contribution is -0.309. The maximum absolute atomic E-state index is 13.2. The Morgan fingerprint density at radius 3 is 2.15 bits per heavy atom. The zero-order chi connectivity index (χ0) is 28.7. The van der Waals surface area contributed by atoms with Crippen LogP contribution in [0.15, 0.2) is 36.5 Å². The molecule has 3 rings (SSSR count). The molecule has 6 atom stereocenters. The number of methoxy groups -OCH3 is 1. The minimum absolute atomic E-state index is 0.0472. The summed E-state index contributed by atoms with van der Waals surface area (Å²) >= 11 is 0. The van der Waals surface area contributed by atoms with Crippen molar-refractivity contribution in [3.8, 4) is 11.5 Å². The van der Waals surface area contributed by atoms with Crippen molar-refractivity contribution in [2.45, 2.75) is 64.7 Å². The number of aliphatic hydroxyl groups excluding tert-OH is 1. The van der Waals surface area contributed by atoms with E-state index >= 15 is 0 Å². The van der Waals surface area contributed by atoms with Crippen molar-refractivity contribution in [1.82, 2.24) is 4.98 Å². The molecule has 1 aromatic heterocycles. The highest BCUT2D eigenvalue weighted by molar-refractivity contribution is 6.09. The first-order chi connectivity index (χ1) is 18.5. The SMILES string of the molecule is COc1ccc(C(=O)c2[nH]ccc2OC2OC(COC(C)=O)C(OC(C)=O)C(OC(C)O)C2OC(C)=O)cc1. The van der Waals surface area contributed by atoms with Crippen LogP contribution in [-0.4, -0.2) is 84.5 Å². The fourth-order valence-electron chi connectivity index (χ4n) is 3.98. The number of ether oxygens (including phenoxy) is 7. The standard InChI is InChI=1S/C26H31NO12/c1-13(28)34-12-20-23(35-14(2)29)24(36-15(3)30)25(37-16(4)31)26(39-20)38-19-10-11-27-21(19)22(32)17-6-8-18(33-5)9-7-17/h6-11,15,20,23-27,30H,12H2,1-5H3. The highest BCUT2D eigenvalue weighted by atomic mass is 16.7. The van der Waals surface area contributed by atoms with Gasteiger partial charge in [0.25, 0.3) is 0 Å². The zero-order valence-electron chi connectivity index (χ0n) is 22.1. The van der Waals surface area contributed by atoms with Gasteiger partial charge < -0.3 is 43.2 Å². The summed E-state index contributed by atoms with van der Waals surface area (Å²) in [4.78, 5) is 51.5. The first kappa shape index (κ1) is 29.6. The van der Waals surface area contributed by atoms with Gasteiger partial charge >= 0.3 is 17.9 Å². The van der Waals surface area contributed by atoms with Gasteiger partial charge in [-0.25, -0.2) is 0 Å². The van der Waals surface area contributed by atoms with Gasteiger partial charge in [-0.1, -0.05) is 0 Å². The van der Waals surface area contributed by atoms with Crippen LogP contribution >= 0.6 is 0 Å². The Hall–Kier alpha value is -3.94. The van der Waals surface area contributed by atoms with Crippen LogP contribution in [0.25, 0.3) is 0 Å². The second-order valence-electron chi connectivity index (χ2n) is 8.59. The minimum atomic E-state index is -1.44. The van der Waals surface area contributed by atoms with Gasteiger partial charge in [0, 0.05) is 32.5 Å². The molecule has 0 bridgehead atoms. The molecule has 2 heterocycles. The molecule has 0 radical (unpaired) electrons. The van der Waals surface area contributed by atoms with Gasteiger partial charge in [0.1, 0.15) is 30.3 Å². The van der Waals surface area contributed by atoms with Crippen LogP contribution in [0.2, 0.25) is 0 Å². The summed E-state index contributed by atoms with van der Waals surface area (Å²) in [5, 5.41) is 10.0. The van der Waals surface area contributed by atoms with Crippen molar-refractivity contribution in [2.24, 2.45) is 0 Å². The third-order valence-electron chi connectivity index (χ3n) is 5.53. The average Bonchev–Trinajstić information content (AvgIpc) is 3.33. The monoisotopic (exact) mass is 549 g/mol. The van der Waals surface area contributed by atoms with Gasteiger partial charge in [0.2, 0.25) is 12.1 Å². The predicted molar refractivity (Wildman–Crippen MR) is 131 cm³/mol. The molecule has 0 amide bonds. The number of rotatable bonds is 11. The largest absolute Gasteiger partial charge is 0.497 e. The summed E-state index contributed by atoms with van der Waals surface area (Å²) in [6, 6.07) is 7.88. The Labute approximate surface area is 224 Å². The molecule has 13 nitrogen and oxygen atoms in total.